The van der Waals surface area contributed by atoms with E-state index in [4.69, 9.17) is 4.74 Å². The molecule has 0 aromatic carbocycles. The third-order valence-electron chi connectivity index (χ3n) is 2.78. The highest BCUT2D eigenvalue weighted by molar-refractivity contribution is 5.73. The van der Waals surface area contributed by atoms with Gasteiger partial charge in [-0.15, -0.1) is 0 Å². The van der Waals surface area contributed by atoms with Crippen LogP contribution < -0.4 is 0 Å². The van der Waals surface area contributed by atoms with E-state index in [2.05, 4.69) is 0 Å². The van der Waals surface area contributed by atoms with E-state index >= 15 is 0 Å². The monoisotopic (exact) mass is 169 g/mol. The van der Waals surface area contributed by atoms with E-state index in [0.29, 0.717) is 11.8 Å². The molecular formula is C9H15NO2. The van der Waals surface area contributed by atoms with Crippen LogP contribution in [-0.4, -0.2) is 37.1 Å². The van der Waals surface area contributed by atoms with Gasteiger partial charge in [0.1, 0.15) is 0 Å². The molecule has 2 unspecified atom stereocenters. The standard InChI is InChI=1S/C9H15NO2/c1-7(11)10-3-8-2-9(4-10)6-12-5-8/h8-9H,2-6H2,1H3. The fraction of sp³-hybridized carbons (Fsp3) is 0.889. The number of fused-ring (bicyclic) bond motifs is 2. The Kier molecular flexibility index (Phi) is 2.05. The quantitative estimate of drug-likeness (QED) is 0.528. The van der Waals surface area contributed by atoms with Crippen LogP contribution in [0.4, 0.5) is 0 Å². The maximum atomic E-state index is 11.1. The lowest BCUT2D eigenvalue weighted by atomic mass is 9.88. The van der Waals surface area contributed by atoms with Crippen LogP contribution in [0.25, 0.3) is 0 Å². The molecule has 2 fully saturated rings. The van der Waals surface area contributed by atoms with Crippen LogP contribution in [0.2, 0.25) is 0 Å². The molecule has 3 heteroatoms. The SMILES string of the molecule is CC(=O)N1CC2COCC(C2)C1. The highest BCUT2D eigenvalue weighted by Gasteiger charge is 2.31. The van der Waals surface area contributed by atoms with Gasteiger partial charge in [0.05, 0.1) is 13.2 Å². The number of hydrogen-bond acceptors (Lipinski definition) is 2. The number of rotatable bonds is 0. The van der Waals surface area contributed by atoms with Crippen molar-refractivity contribution in [3.63, 3.8) is 0 Å². The summed E-state index contributed by atoms with van der Waals surface area (Å²) < 4.78 is 5.43. The van der Waals surface area contributed by atoms with Crippen LogP contribution in [0, 0.1) is 11.8 Å². The van der Waals surface area contributed by atoms with E-state index in [1.165, 1.54) is 6.42 Å². The Morgan fingerprint density at radius 1 is 1.33 bits per heavy atom. The average molecular weight is 169 g/mol. The van der Waals surface area contributed by atoms with Crippen molar-refractivity contribution in [3.8, 4) is 0 Å². The van der Waals surface area contributed by atoms with Crippen LogP contribution in [-0.2, 0) is 9.53 Å². The molecule has 0 N–H and O–H groups in total. The number of carbonyl (C=O) groups excluding carboxylic acids is 1. The first-order chi connectivity index (χ1) is 5.75. The zero-order valence-corrected chi connectivity index (χ0v) is 7.45. The van der Waals surface area contributed by atoms with Gasteiger partial charge < -0.3 is 9.64 Å². The van der Waals surface area contributed by atoms with Gasteiger partial charge in [0, 0.05) is 31.8 Å². The van der Waals surface area contributed by atoms with E-state index in [9.17, 15) is 4.79 Å². The van der Waals surface area contributed by atoms with Gasteiger partial charge >= 0.3 is 0 Å². The van der Waals surface area contributed by atoms with E-state index < -0.39 is 0 Å². The molecule has 2 heterocycles. The van der Waals surface area contributed by atoms with Crippen molar-refractivity contribution in [1.29, 1.82) is 0 Å². The Labute approximate surface area is 72.7 Å². The van der Waals surface area contributed by atoms with Crippen molar-refractivity contribution in [3.05, 3.63) is 0 Å². The number of nitrogens with zero attached hydrogens (tertiary/aromatic N) is 1. The highest BCUT2D eigenvalue weighted by Crippen LogP contribution is 2.26. The molecule has 0 radical (unpaired) electrons. The van der Waals surface area contributed by atoms with Gasteiger partial charge in [-0.3, -0.25) is 4.79 Å². The first kappa shape index (κ1) is 8.05. The lowest BCUT2D eigenvalue weighted by Gasteiger charge is -2.40. The summed E-state index contributed by atoms with van der Waals surface area (Å²) >= 11 is 0. The minimum absolute atomic E-state index is 0.214. The Morgan fingerprint density at radius 3 is 2.42 bits per heavy atom. The molecule has 68 valence electrons. The second-order valence-electron chi connectivity index (χ2n) is 3.93. The summed E-state index contributed by atoms with van der Waals surface area (Å²) in [5.41, 5.74) is 0. The lowest BCUT2D eigenvalue weighted by molar-refractivity contribution is -0.135. The van der Waals surface area contributed by atoms with Gasteiger partial charge in [-0.1, -0.05) is 0 Å². The van der Waals surface area contributed by atoms with E-state index in [1.54, 1.807) is 6.92 Å². The van der Waals surface area contributed by atoms with Gasteiger partial charge in [-0.05, 0) is 6.42 Å². The van der Waals surface area contributed by atoms with Crippen LogP contribution in [0.3, 0.4) is 0 Å². The number of carbonyl (C=O) groups is 1. The third-order valence-corrected chi connectivity index (χ3v) is 2.78. The smallest absolute Gasteiger partial charge is 0.219 e. The molecule has 2 rings (SSSR count). The molecule has 0 aliphatic carbocycles. The first-order valence-electron chi connectivity index (χ1n) is 4.59. The highest BCUT2D eigenvalue weighted by atomic mass is 16.5. The number of ether oxygens (including phenoxy) is 1. The molecule has 2 aliphatic rings. The maximum absolute atomic E-state index is 11.1. The summed E-state index contributed by atoms with van der Waals surface area (Å²) in [7, 11) is 0. The van der Waals surface area contributed by atoms with Crippen molar-refractivity contribution in [2.24, 2.45) is 11.8 Å². The van der Waals surface area contributed by atoms with Crippen molar-refractivity contribution in [1.82, 2.24) is 4.90 Å². The lowest BCUT2D eigenvalue weighted by Crippen LogP contribution is -2.48. The Hall–Kier alpha value is -0.570. The van der Waals surface area contributed by atoms with Gasteiger partial charge in [0.25, 0.3) is 0 Å². The number of hydrogen-bond donors (Lipinski definition) is 0. The molecule has 0 aromatic heterocycles. The number of likely N-dealkylation sites (tertiary alicyclic amines) is 1. The van der Waals surface area contributed by atoms with Crippen molar-refractivity contribution in [2.45, 2.75) is 13.3 Å². The van der Waals surface area contributed by atoms with Crippen molar-refractivity contribution in [2.75, 3.05) is 26.3 Å². The third kappa shape index (κ3) is 1.46. The van der Waals surface area contributed by atoms with Crippen molar-refractivity contribution >= 4 is 5.91 Å². The van der Waals surface area contributed by atoms with Gasteiger partial charge in [-0.2, -0.15) is 0 Å². The molecule has 0 saturated carbocycles. The predicted molar refractivity (Wildman–Crippen MR) is 44.7 cm³/mol. The van der Waals surface area contributed by atoms with E-state index in [1.807, 2.05) is 4.90 Å². The summed E-state index contributed by atoms with van der Waals surface area (Å²) in [6, 6.07) is 0. The van der Waals surface area contributed by atoms with Crippen LogP contribution in [0.1, 0.15) is 13.3 Å². The topological polar surface area (TPSA) is 29.5 Å². The summed E-state index contributed by atoms with van der Waals surface area (Å²) in [6.45, 7) is 5.17. The Balaban J connectivity index is 2.00. The van der Waals surface area contributed by atoms with Crippen LogP contribution in [0.15, 0.2) is 0 Å². The largest absolute Gasteiger partial charge is 0.381 e. The normalized spacial score (nSPS) is 34.9. The maximum Gasteiger partial charge on any atom is 0.219 e. The van der Waals surface area contributed by atoms with Gasteiger partial charge in [0.2, 0.25) is 5.91 Å². The second-order valence-corrected chi connectivity index (χ2v) is 3.93. The molecule has 12 heavy (non-hydrogen) atoms. The Morgan fingerprint density at radius 2 is 1.92 bits per heavy atom. The molecule has 2 bridgehead atoms. The van der Waals surface area contributed by atoms with Crippen molar-refractivity contribution < 1.29 is 9.53 Å². The van der Waals surface area contributed by atoms with Gasteiger partial charge in [-0.25, -0.2) is 0 Å². The summed E-state index contributed by atoms with van der Waals surface area (Å²) in [5.74, 6) is 1.41. The number of amides is 1. The van der Waals surface area contributed by atoms with Crippen LogP contribution >= 0.6 is 0 Å². The molecule has 0 spiro atoms. The Bertz CT molecular complexity index is 181. The molecule has 2 atom stereocenters. The fourth-order valence-corrected chi connectivity index (χ4v) is 2.22. The molecule has 2 aliphatic heterocycles. The summed E-state index contributed by atoms with van der Waals surface area (Å²) in [4.78, 5) is 13.1. The molecule has 2 saturated heterocycles. The van der Waals surface area contributed by atoms with Crippen LogP contribution in [0.5, 0.6) is 0 Å². The summed E-state index contributed by atoms with van der Waals surface area (Å²) in [6.07, 6.45) is 1.25. The summed E-state index contributed by atoms with van der Waals surface area (Å²) in [5, 5.41) is 0. The van der Waals surface area contributed by atoms with Gasteiger partial charge in [0.15, 0.2) is 0 Å². The molecular weight excluding hydrogens is 154 g/mol. The fourth-order valence-electron chi connectivity index (χ4n) is 2.22. The minimum atomic E-state index is 0.214. The minimum Gasteiger partial charge on any atom is -0.381 e. The number of piperidine rings is 1. The van der Waals surface area contributed by atoms with E-state index in [0.717, 1.165) is 26.3 Å². The zero-order valence-electron chi connectivity index (χ0n) is 7.45. The molecule has 0 aromatic rings. The zero-order chi connectivity index (χ0) is 8.55. The van der Waals surface area contributed by atoms with E-state index in [-0.39, 0.29) is 5.91 Å². The molecule has 1 amide bonds. The second kappa shape index (κ2) is 3.05. The first-order valence-corrected chi connectivity index (χ1v) is 4.59. The average Bonchev–Trinajstić information content (AvgIpc) is 2.03. The predicted octanol–water partition coefficient (Wildman–Crippen LogP) is 0.501. The molecule has 3 nitrogen and oxygen atoms in total.